The van der Waals surface area contributed by atoms with Gasteiger partial charge in [-0.05, 0) is 30.3 Å². The highest BCUT2D eigenvalue weighted by atomic mass is 16.5. The van der Waals surface area contributed by atoms with Crippen molar-refractivity contribution in [2.75, 3.05) is 48.4 Å². The SMILES string of the molecule is COc1ccc(C(=O)Nc2ccn(C)n2)cc1N1CCN(c2ncnc3c2cnn3-c2ccccc2)CC1. The molecule has 1 fully saturated rings. The van der Waals surface area contributed by atoms with Crippen molar-refractivity contribution in [1.29, 1.82) is 0 Å². The molecule has 192 valence electrons. The normalized spacial score (nSPS) is 13.6. The Morgan fingerprint density at radius 2 is 1.76 bits per heavy atom. The molecule has 1 N–H and O–H groups in total. The minimum Gasteiger partial charge on any atom is -0.495 e. The van der Waals surface area contributed by atoms with Crippen LogP contribution in [0.3, 0.4) is 0 Å². The molecule has 0 radical (unpaired) electrons. The summed E-state index contributed by atoms with van der Waals surface area (Å²) in [6.45, 7) is 2.96. The Morgan fingerprint density at radius 3 is 2.50 bits per heavy atom. The van der Waals surface area contributed by atoms with E-state index in [1.807, 2.05) is 60.4 Å². The summed E-state index contributed by atoms with van der Waals surface area (Å²) in [6, 6.07) is 17.2. The number of hydrogen-bond acceptors (Lipinski definition) is 8. The summed E-state index contributed by atoms with van der Waals surface area (Å²) < 4.78 is 9.12. The van der Waals surface area contributed by atoms with E-state index in [2.05, 4.69) is 35.3 Å². The largest absolute Gasteiger partial charge is 0.495 e. The molecule has 0 bridgehead atoms. The van der Waals surface area contributed by atoms with E-state index < -0.39 is 0 Å². The molecule has 3 aromatic heterocycles. The van der Waals surface area contributed by atoms with Crippen LogP contribution in [0.4, 0.5) is 17.3 Å². The molecule has 2 aromatic carbocycles. The fourth-order valence-corrected chi connectivity index (χ4v) is 4.75. The standard InChI is InChI=1S/C27H27N9O2/c1-33-11-10-24(32-33)31-27(37)19-8-9-23(38-2)22(16-19)34-12-14-35(15-13-34)25-21-17-30-36(26(21)29-18-28-25)20-6-4-3-5-7-20/h3-11,16-18H,12-15H2,1-2H3,(H,31,32,37). The van der Waals surface area contributed by atoms with Gasteiger partial charge < -0.3 is 19.9 Å². The molecule has 1 aliphatic heterocycles. The number of fused-ring (bicyclic) bond motifs is 1. The van der Waals surface area contributed by atoms with Gasteiger partial charge in [-0.3, -0.25) is 9.48 Å². The van der Waals surface area contributed by atoms with Crippen molar-refractivity contribution in [1.82, 2.24) is 29.5 Å². The summed E-state index contributed by atoms with van der Waals surface area (Å²) in [4.78, 5) is 26.5. The van der Waals surface area contributed by atoms with E-state index in [1.54, 1.807) is 36.4 Å². The number of piperazine rings is 1. The number of aryl methyl sites for hydroxylation is 1. The molecule has 0 saturated carbocycles. The molecule has 1 aliphatic rings. The predicted octanol–water partition coefficient (Wildman–Crippen LogP) is 3.14. The van der Waals surface area contributed by atoms with Gasteiger partial charge in [0.05, 0.1) is 30.1 Å². The smallest absolute Gasteiger partial charge is 0.256 e. The average molecular weight is 510 g/mol. The number of rotatable bonds is 6. The Kier molecular flexibility index (Phi) is 6.08. The molecule has 0 unspecified atom stereocenters. The molecular formula is C27H27N9O2. The lowest BCUT2D eigenvalue weighted by Gasteiger charge is -2.37. The molecule has 11 heteroatoms. The number of hydrogen-bond donors (Lipinski definition) is 1. The molecule has 0 aliphatic carbocycles. The average Bonchev–Trinajstić information content (AvgIpc) is 3.59. The number of carbonyl (C=O) groups excluding carboxylic acids is 1. The van der Waals surface area contributed by atoms with E-state index in [-0.39, 0.29) is 5.91 Å². The minimum absolute atomic E-state index is 0.218. The van der Waals surface area contributed by atoms with Gasteiger partial charge in [-0.2, -0.15) is 10.2 Å². The third-order valence-electron chi connectivity index (χ3n) is 6.66. The van der Waals surface area contributed by atoms with Gasteiger partial charge in [0.15, 0.2) is 11.5 Å². The zero-order chi connectivity index (χ0) is 26.1. The molecule has 38 heavy (non-hydrogen) atoms. The highest BCUT2D eigenvalue weighted by Gasteiger charge is 2.24. The van der Waals surface area contributed by atoms with Gasteiger partial charge in [-0.25, -0.2) is 14.6 Å². The van der Waals surface area contributed by atoms with Crippen LogP contribution in [0.1, 0.15) is 10.4 Å². The Morgan fingerprint density at radius 1 is 0.974 bits per heavy atom. The number of benzene rings is 2. The van der Waals surface area contributed by atoms with Crippen molar-refractivity contribution >= 4 is 34.3 Å². The maximum Gasteiger partial charge on any atom is 0.256 e. The maximum atomic E-state index is 12.9. The lowest BCUT2D eigenvalue weighted by molar-refractivity contribution is 0.102. The fraction of sp³-hybridized carbons (Fsp3) is 0.222. The molecular weight excluding hydrogens is 482 g/mol. The molecule has 1 saturated heterocycles. The number of amides is 1. The summed E-state index contributed by atoms with van der Waals surface area (Å²) in [7, 11) is 3.45. The fourth-order valence-electron chi connectivity index (χ4n) is 4.75. The van der Waals surface area contributed by atoms with Crippen molar-refractivity contribution in [3.05, 3.63) is 78.9 Å². The van der Waals surface area contributed by atoms with Crippen molar-refractivity contribution in [2.45, 2.75) is 0 Å². The zero-order valence-electron chi connectivity index (χ0n) is 21.2. The lowest BCUT2D eigenvalue weighted by Crippen LogP contribution is -2.47. The highest BCUT2D eigenvalue weighted by Crippen LogP contribution is 2.32. The van der Waals surface area contributed by atoms with Crippen LogP contribution in [0, 0.1) is 0 Å². The monoisotopic (exact) mass is 509 g/mol. The van der Waals surface area contributed by atoms with E-state index in [1.165, 1.54) is 0 Å². The van der Waals surface area contributed by atoms with Crippen molar-refractivity contribution in [2.24, 2.45) is 7.05 Å². The first-order valence-corrected chi connectivity index (χ1v) is 12.3. The summed E-state index contributed by atoms with van der Waals surface area (Å²) >= 11 is 0. The van der Waals surface area contributed by atoms with E-state index in [4.69, 9.17) is 4.74 Å². The number of carbonyl (C=O) groups is 1. The maximum absolute atomic E-state index is 12.9. The minimum atomic E-state index is -0.218. The first-order valence-electron chi connectivity index (χ1n) is 12.3. The Bertz CT molecular complexity index is 1590. The molecule has 6 rings (SSSR count). The van der Waals surface area contributed by atoms with Crippen LogP contribution >= 0.6 is 0 Å². The summed E-state index contributed by atoms with van der Waals surface area (Å²) in [5, 5.41) is 12.6. The van der Waals surface area contributed by atoms with Gasteiger partial charge in [0.25, 0.3) is 5.91 Å². The Labute approximate surface area is 219 Å². The van der Waals surface area contributed by atoms with Gasteiger partial charge in [0, 0.05) is 51.1 Å². The number of nitrogens with one attached hydrogen (secondary N) is 1. The van der Waals surface area contributed by atoms with Crippen LogP contribution < -0.4 is 19.9 Å². The van der Waals surface area contributed by atoms with Crippen molar-refractivity contribution in [3.8, 4) is 11.4 Å². The summed E-state index contributed by atoms with van der Waals surface area (Å²) in [6.07, 6.45) is 5.21. The number of ether oxygens (including phenoxy) is 1. The zero-order valence-corrected chi connectivity index (χ0v) is 21.2. The van der Waals surface area contributed by atoms with Gasteiger partial charge in [-0.1, -0.05) is 18.2 Å². The van der Waals surface area contributed by atoms with Crippen molar-refractivity contribution in [3.63, 3.8) is 0 Å². The quantitative estimate of drug-likeness (QED) is 0.372. The molecule has 0 spiro atoms. The van der Waals surface area contributed by atoms with Crippen molar-refractivity contribution < 1.29 is 9.53 Å². The predicted molar refractivity (Wildman–Crippen MR) is 145 cm³/mol. The second kappa shape index (κ2) is 9.85. The summed E-state index contributed by atoms with van der Waals surface area (Å²) in [5.74, 6) is 1.88. The van der Waals surface area contributed by atoms with E-state index in [0.29, 0.717) is 11.4 Å². The van der Waals surface area contributed by atoms with Gasteiger partial charge in [0.2, 0.25) is 0 Å². The van der Waals surface area contributed by atoms with Crippen LogP contribution in [0.25, 0.3) is 16.7 Å². The Balaban J connectivity index is 1.21. The molecule has 0 atom stereocenters. The molecule has 1 amide bonds. The topological polar surface area (TPSA) is 106 Å². The van der Waals surface area contributed by atoms with Crippen LogP contribution in [0.15, 0.2) is 73.3 Å². The number of anilines is 3. The number of nitrogens with zero attached hydrogens (tertiary/aromatic N) is 8. The highest BCUT2D eigenvalue weighted by molar-refractivity contribution is 6.04. The third-order valence-corrected chi connectivity index (χ3v) is 6.66. The second-order valence-electron chi connectivity index (χ2n) is 9.02. The van der Waals surface area contributed by atoms with Gasteiger partial charge >= 0.3 is 0 Å². The first kappa shape index (κ1) is 23.5. The van der Waals surface area contributed by atoms with Crippen LogP contribution in [-0.2, 0) is 7.05 Å². The number of aromatic nitrogens is 6. The summed E-state index contributed by atoms with van der Waals surface area (Å²) in [5.41, 5.74) is 3.15. The molecule has 5 aromatic rings. The Hall–Kier alpha value is -4.93. The lowest BCUT2D eigenvalue weighted by atomic mass is 10.1. The third kappa shape index (κ3) is 4.38. The van der Waals surface area contributed by atoms with Gasteiger partial charge in [-0.15, -0.1) is 0 Å². The number of methoxy groups -OCH3 is 1. The van der Waals surface area contributed by atoms with Gasteiger partial charge in [0.1, 0.15) is 17.9 Å². The van der Waals surface area contributed by atoms with E-state index in [0.717, 1.165) is 60.2 Å². The van der Waals surface area contributed by atoms with E-state index >= 15 is 0 Å². The van der Waals surface area contributed by atoms with Crippen LogP contribution in [0.2, 0.25) is 0 Å². The second-order valence-corrected chi connectivity index (χ2v) is 9.02. The number of para-hydroxylation sites is 1. The molecule has 11 nitrogen and oxygen atoms in total. The van der Waals surface area contributed by atoms with E-state index in [9.17, 15) is 4.79 Å². The molecule has 4 heterocycles. The van der Waals surface area contributed by atoms with Crippen LogP contribution in [-0.4, -0.2) is 68.7 Å². The first-order chi connectivity index (χ1) is 18.6. The van der Waals surface area contributed by atoms with Crippen LogP contribution in [0.5, 0.6) is 5.75 Å².